The third kappa shape index (κ3) is 5.57. The van der Waals surface area contributed by atoms with Gasteiger partial charge in [-0.05, 0) is 91.8 Å². The minimum atomic E-state index is -1.63. The van der Waals surface area contributed by atoms with E-state index in [1.807, 2.05) is 25.1 Å². The van der Waals surface area contributed by atoms with E-state index in [1.165, 1.54) is 11.1 Å². The third-order valence-electron chi connectivity index (χ3n) is 10.0. The number of carbonyl (C=O) groups is 1. The molecule has 0 N–H and O–H groups in total. The molecule has 1 fully saturated rings. The van der Waals surface area contributed by atoms with Crippen LogP contribution in [0.3, 0.4) is 0 Å². The first-order valence-corrected chi connectivity index (χ1v) is 16.5. The maximum atomic E-state index is 13.3. The van der Waals surface area contributed by atoms with Crippen molar-refractivity contribution in [2.24, 2.45) is 22.1 Å². The Hall–Kier alpha value is -2.35. The number of hydrogen-bond acceptors (Lipinski definition) is 6. The fourth-order valence-corrected chi connectivity index (χ4v) is 8.35. The summed E-state index contributed by atoms with van der Waals surface area (Å²) >= 11 is 6.41. The molecule has 2 heterocycles. The van der Waals surface area contributed by atoms with E-state index in [0.29, 0.717) is 24.0 Å². The summed E-state index contributed by atoms with van der Waals surface area (Å²) in [5, 5.41) is 0.530. The smallest absolute Gasteiger partial charge is 0.254 e. The van der Waals surface area contributed by atoms with Gasteiger partial charge in [0.1, 0.15) is 5.75 Å². The van der Waals surface area contributed by atoms with Crippen LogP contribution in [-0.4, -0.2) is 44.1 Å². The van der Waals surface area contributed by atoms with E-state index in [1.54, 1.807) is 13.2 Å². The van der Waals surface area contributed by atoms with E-state index in [-0.39, 0.29) is 22.7 Å². The molecule has 1 saturated carbocycles. The summed E-state index contributed by atoms with van der Waals surface area (Å²) in [6.45, 7) is 6.19. The summed E-state index contributed by atoms with van der Waals surface area (Å²) in [5.41, 5.74) is 3.81. The van der Waals surface area contributed by atoms with Crippen LogP contribution < -0.4 is 9.64 Å². The normalized spacial score (nSPS) is 32.2. The Balaban J connectivity index is 1.44. The molecule has 0 aromatic heterocycles. The van der Waals surface area contributed by atoms with Gasteiger partial charge in [-0.2, -0.15) is 10.6 Å². The number of ether oxygens (including phenoxy) is 2. The number of amides is 1. The Morgan fingerprint density at radius 1 is 1.17 bits per heavy atom. The lowest BCUT2D eigenvalue weighted by molar-refractivity contribution is 0.0131. The molecule has 2 aliphatic heterocycles. The first kappa shape index (κ1) is 28.8. The average molecular weight is 596 g/mol. The van der Waals surface area contributed by atoms with Gasteiger partial charge in [0, 0.05) is 36.2 Å². The fourth-order valence-electron chi connectivity index (χ4n) is 7.22. The molecule has 0 saturated heterocycles. The molecule has 2 aromatic rings. The van der Waals surface area contributed by atoms with Crippen molar-refractivity contribution >= 4 is 33.8 Å². The molecule has 2 bridgehead atoms. The summed E-state index contributed by atoms with van der Waals surface area (Å²) in [6, 6.07) is 11.9. The van der Waals surface area contributed by atoms with Gasteiger partial charge in [0.2, 0.25) is 0 Å². The molecule has 6 nitrogen and oxygen atoms in total. The predicted octanol–water partition coefficient (Wildman–Crippen LogP) is 7.13. The number of aryl methyl sites for hydroxylation is 1. The highest BCUT2D eigenvalue weighted by Gasteiger charge is 2.44. The Morgan fingerprint density at radius 2 is 2.02 bits per heavy atom. The number of hydrogen-bond donors (Lipinski definition) is 0. The highest BCUT2D eigenvalue weighted by atomic mass is 35.5. The molecule has 41 heavy (non-hydrogen) atoms. The Morgan fingerprint density at radius 3 is 2.80 bits per heavy atom. The second-order valence-corrected chi connectivity index (χ2v) is 14.4. The molecule has 8 heteroatoms. The van der Waals surface area contributed by atoms with E-state index in [9.17, 15) is 9.00 Å². The lowest BCUT2D eigenvalue weighted by Gasteiger charge is -2.46. The molecule has 0 radical (unpaired) electrons. The number of fused-ring (bicyclic) bond motifs is 4. The van der Waals surface area contributed by atoms with Gasteiger partial charge >= 0.3 is 0 Å². The summed E-state index contributed by atoms with van der Waals surface area (Å²) in [4.78, 5) is 15.7. The largest absolute Gasteiger partial charge is 0.490 e. The highest BCUT2D eigenvalue weighted by molar-refractivity contribution is 7.75. The van der Waals surface area contributed by atoms with Crippen LogP contribution in [0.5, 0.6) is 5.75 Å². The van der Waals surface area contributed by atoms with Gasteiger partial charge in [0.15, 0.2) is 0 Å². The van der Waals surface area contributed by atoms with Crippen molar-refractivity contribution in [3.8, 4) is 5.75 Å². The summed E-state index contributed by atoms with van der Waals surface area (Å²) < 4.78 is 29.8. The number of allylic oxidation sites excluding steroid dienone is 1. The van der Waals surface area contributed by atoms with Crippen LogP contribution in [0, 0.1) is 17.8 Å². The summed E-state index contributed by atoms with van der Waals surface area (Å²) in [5.74, 6) is 1.34. The zero-order valence-electron chi connectivity index (χ0n) is 24.2. The van der Waals surface area contributed by atoms with Gasteiger partial charge in [-0.15, -0.1) is 0 Å². The van der Waals surface area contributed by atoms with E-state index < -0.39 is 16.5 Å². The lowest BCUT2D eigenvalue weighted by Crippen LogP contribution is -2.49. The van der Waals surface area contributed by atoms with Gasteiger partial charge < -0.3 is 22.9 Å². The van der Waals surface area contributed by atoms with Crippen LogP contribution in [0.4, 0.5) is 5.69 Å². The second kappa shape index (κ2) is 11.7. The van der Waals surface area contributed by atoms with Crippen LogP contribution in [0.15, 0.2) is 52.9 Å². The van der Waals surface area contributed by atoms with Crippen molar-refractivity contribution in [2.45, 2.75) is 69.1 Å². The zero-order valence-corrected chi connectivity index (χ0v) is 25.8. The maximum Gasteiger partial charge on any atom is 0.254 e. The molecule has 2 aromatic carbocycles. The lowest BCUT2D eigenvalue weighted by atomic mass is 9.68. The molecule has 2 aliphatic carbocycles. The molecular weight excluding hydrogens is 556 g/mol. The van der Waals surface area contributed by atoms with E-state index in [0.717, 1.165) is 68.1 Å². The van der Waals surface area contributed by atoms with Crippen molar-refractivity contribution < 1.29 is 18.5 Å². The maximum absolute atomic E-state index is 13.3. The number of halogens is 1. The van der Waals surface area contributed by atoms with Crippen LogP contribution in [-0.2, 0) is 31.4 Å². The van der Waals surface area contributed by atoms with E-state index >= 15 is 0 Å². The zero-order chi connectivity index (χ0) is 28.7. The van der Waals surface area contributed by atoms with Crippen molar-refractivity contribution in [3.05, 3.63) is 70.3 Å². The van der Waals surface area contributed by atoms with Crippen LogP contribution in [0.1, 0.15) is 67.4 Å². The van der Waals surface area contributed by atoms with E-state index in [4.69, 9.17) is 21.1 Å². The SMILES string of the molecule is COC1C=CCC(C)C(C)[S-](=O)=NC(=O)c2ccc3c(c2)N(CC2CCC21)CC1(CCCc2cc(Cl)ccc21)CO3. The first-order chi connectivity index (χ1) is 19.8. The number of methoxy groups -OCH3 is 1. The summed E-state index contributed by atoms with van der Waals surface area (Å²) in [6.07, 6.45) is 10.6. The van der Waals surface area contributed by atoms with Gasteiger partial charge in [-0.25, -0.2) is 0 Å². The summed E-state index contributed by atoms with van der Waals surface area (Å²) in [7, 11) is 0.175. The molecule has 220 valence electrons. The van der Waals surface area contributed by atoms with Crippen LogP contribution in [0.25, 0.3) is 0 Å². The second-order valence-electron chi connectivity index (χ2n) is 12.5. The Bertz CT molecular complexity index is 1440. The minimum absolute atomic E-state index is 0.0430. The molecule has 1 spiro atoms. The highest BCUT2D eigenvalue weighted by Crippen LogP contribution is 2.47. The van der Waals surface area contributed by atoms with Crippen LogP contribution in [0.2, 0.25) is 5.02 Å². The van der Waals surface area contributed by atoms with Crippen molar-refractivity contribution in [1.82, 2.24) is 0 Å². The standard InChI is InChI=1S/C33H40ClN2O4S/c1-21-6-4-8-30(39-3)27-12-9-25(27)18-36-19-33(15-5-7-23-16-26(34)11-13-28(23)33)20-40-31-14-10-24(17-29(31)36)32(37)35-41(38)22(21)2/h4,8,10-11,13-14,16-17,21-22,25,27,30H,5-7,9,12,15,18-20H2,1-3H3/q-1. The van der Waals surface area contributed by atoms with Crippen molar-refractivity contribution in [2.75, 3.05) is 31.7 Å². The molecule has 4 aliphatic rings. The average Bonchev–Trinajstić information content (AvgIpc) is 3.10. The van der Waals surface area contributed by atoms with E-state index in [2.05, 4.69) is 40.5 Å². The van der Waals surface area contributed by atoms with Crippen molar-refractivity contribution in [3.63, 3.8) is 0 Å². The monoisotopic (exact) mass is 595 g/mol. The molecular formula is C33H40ClN2O4S-. The van der Waals surface area contributed by atoms with Crippen molar-refractivity contribution in [1.29, 1.82) is 0 Å². The molecule has 6 atom stereocenters. The van der Waals surface area contributed by atoms with Gasteiger partial charge in [-0.1, -0.05) is 54.8 Å². The Labute approximate surface area is 250 Å². The molecule has 1 amide bonds. The number of nitrogens with zero attached hydrogens (tertiary/aromatic N) is 2. The molecule has 6 unspecified atom stereocenters. The quantitative estimate of drug-likeness (QED) is 0.259. The minimum Gasteiger partial charge on any atom is -0.490 e. The van der Waals surface area contributed by atoms with Gasteiger partial charge in [-0.3, -0.25) is 4.79 Å². The topological polar surface area (TPSA) is 68.2 Å². The first-order valence-electron chi connectivity index (χ1n) is 14.9. The number of rotatable bonds is 1. The van der Waals surface area contributed by atoms with Gasteiger partial charge in [0.05, 0.1) is 18.4 Å². The van der Waals surface area contributed by atoms with Gasteiger partial charge in [0.25, 0.3) is 5.91 Å². The fraction of sp³-hybridized carbons (Fsp3) is 0.545. The van der Waals surface area contributed by atoms with Crippen LogP contribution >= 0.6 is 11.6 Å². The molecule has 6 rings (SSSR count). The number of carbonyl (C=O) groups excluding carboxylic acids is 1. The predicted molar refractivity (Wildman–Crippen MR) is 164 cm³/mol. The third-order valence-corrected chi connectivity index (χ3v) is 11.7. The number of anilines is 1. The Kier molecular flexibility index (Phi) is 8.23. The number of benzene rings is 2.